The molecular weight excluding hydrogens is 377 g/mol. The van der Waals surface area contributed by atoms with Crippen LogP contribution in [0.1, 0.15) is 5.69 Å². The number of rotatable bonds is 4. The van der Waals surface area contributed by atoms with Gasteiger partial charge < -0.3 is 14.5 Å². The SMILES string of the molecule is CN(C)c1cc(C(F)(F)F)nc(Sc2nnc(N3CCOCC3)s2)n1. The van der Waals surface area contributed by atoms with Crippen molar-refractivity contribution in [2.75, 3.05) is 50.2 Å². The van der Waals surface area contributed by atoms with Crippen LogP contribution in [0, 0.1) is 0 Å². The normalized spacial score (nSPS) is 15.5. The van der Waals surface area contributed by atoms with Crippen LogP contribution in [0.2, 0.25) is 0 Å². The van der Waals surface area contributed by atoms with Gasteiger partial charge in [0, 0.05) is 33.3 Å². The van der Waals surface area contributed by atoms with Crippen LogP contribution in [0.25, 0.3) is 0 Å². The molecule has 1 aliphatic rings. The summed E-state index contributed by atoms with van der Waals surface area (Å²) in [5.41, 5.74) is -0.980. The second-order valence-electron chi connectivity index (χ2n) is 5.34. The Balaban J connectivity index is 1.82. The number of ether oxygens (including phenoxy) is 1. The summed E-state index contributed by atoms with van der Waals surface area (Å²) in [5.74, 6) is 0.183. The number of hydrogen-bond donors (Lipinski definition) is 0. The van der Waals surface area contributed by atoms with Gasteiger partial charge in [-0.3, -0.25) is 0 Å². The molecule has 2 aromatic rings. The van der Waals surface area contributed by atoms with Gasteiger partial charge in [-0.1, -0.05) is 11.3 Å². The third kappa shape index (κ3) is 4.50. The van der Waals surface area contributed by atoms with E-state index >= 15 is 0 Å². The Bertz CT molecular complexity index is 733. The zero-order valence-electron chi connectivity index (χ0n) is 13.4. The van der Waals surface area contributed by atoms with E-state index in [2.05, 4.69) is 20.2 Å². The van der Waals surface area contributed by atoms with Crippen LogP contribution in [0.15, 0.2) is 15.6 Å². The van der Waals surface area contributed by atoms with E-state index in [0.29, 0.717) is 35.8 Å². The average molecular weight is 392 g/mol. The topological polar surface area (TPSA) is 67.3 Å². The molecule has 0 aliphatic carbocycles. The molecule has 1 saturated heterocycles. The van der Waals surface area contributed by atoms with Crippen molar-refractivity contribution in [2.45, 2.75) is 15.7 Å². The van der Waals surface area contributed by atoms with Crippen LogP contribution < -0.4 is 9.80 Å². The number of hydrogen-bond acceptors (Lipinski definition) is 9. The number of morpholine rings is 1. The minimum Gasteiger partial charge on any atom is -0.378 e. The largest absolute Gasteiger partial charge is 0.433 e. The second-order valence-corrected chi connectivity index (χ2v) is 7.51. The summed E-state index contributed by atoms with van der Waals surface area (Å²) in [6, 6.07) is 0.920. The summed E-state index contributed by atoms with van der Waals surface area (Å²) < 4.78 is 44.9. The number of nitrogens with zero attached hydrogens (tertiary/aromatic N) is 6. The Kier molecular flexibility index (Phi) is 5.29. The van der Waals surface area contributed by atoms with Gasteiger partial charge in [0.2, 0.25) is 5.13 Å². The zero-order valence-corrected chi connectivity index (χ0v) is 15.1. The molecule has 12 heteroatoms. The van der Waals surface area contributed by atoms with Crippen LogP contribution in [-0.4, -0.2) is 60.6 Å². The first kappa shape index (κ1) is 18.1. The molecular formula is C13H15F3N6OS2. The summed E-state index contributed by atoms with van der Waals surface area (Å²) in [4.78, 5) is 11.3. The molecule has 1 aliphatic heterocycles. The molecule has 0 amide bonds. The molecule has 1 fully saturated rings. The Morgan fingerprint density at radius 2 is 1.92 bits per heavy atom. The molecule has 0 spiro atoms. The van der Waals surface area contributed by atoms with Crippen LogP contribution in [0.3, 0.4) is 0 Å². The predicted octanol–water partition coefficient (Wildman–Crippen LogP) is 2.40. The number of anilines is 2. The molecule has 0 N–H and O–H groups in total. The molecule has 25 heavy (non-hydrogen) atoms. The Hall–Kier alpha value is -1.66. The van der Waals surface area contributed by atoms with Crippen LogP contribution in [0.4, 0.5) is 24.1 Å². The summed E-state index contributed by atoms with van der Waals surface area (Å²) in [6.07, 6.45) is -4.54. The van der Waals surface area contributed by atoms with E-state index in [4.69, 9.17) is 4.74 Å². The lowest BCUT2D eigenvalue weighted by Gasteiger charge is -2.25. The van der Waals surface area contributed by atoms with Crippen molar-refractivity contribution in [3.8, 4) is 0 Å². The quantitative estimate of drug-likeness (QED) is 0.735. The Labute approximate surface area is 150 Å². The van der Waals surface area contributed by atoms with Crippen molar-refractivity contribution in [1.82, 2.24) is 20.2 Å². The van der Waals surface area contributed by atoms with Gasteiger partial charge in [0.25, 0.3) is 0 Å². The van der Waals surface area contributed by atoms with Gasteiger partial charge in [0.05, 0.1) is 13.2 Å². The van der Waals surface area contributed by atoms with E-state index < -0.39 is 11.9 Å². The molecule has 7 nitrogen and oxygen atoms in total. The van der Waals surface area contributed by atoms with Gasteiger partial charge in [-0.25, -0.2) is 9.97 Å². The fraction of sp³-hybridized carbons (Fsp3) is 0.538. The van der Waals surface area contributed by atoms with Gasteiger partial charge >= 0.3 is 6.18 Å². The smallest absolute Gasteiger partial charge is 0.378 e. The first-order chi connectivity index (χ1) is 11.8. The minimum absolute atomic E-state index is 0.0109. The molecule has 0 aromatic carbocycles. The lowest BCUT2D eigenvalue weighted by atomic mass is 10.4. The van der Waals surface area contributed by atoms with Gasteiger partial charge in [0.15, 0.2) is 15.2 Å². The molecule has 0 bridgehead atoms. The van der Waals surface area contributed by atoms with Crippen molar-refractivity contribution < 1.29 is 17.9 Å². The highest BCUT2D eigenvalue weighted by molar-refractivity contribution is 8.00. The maximum atomic E-state index is 13.0. The lowest BCUT2D eigenvalue weighted by molar-refractivity contribution is -0.141. The van der Waals surface area contributed by atoms with E-state index in [1.165, 1.54) is 16.2 Å². The first-order valence-corrected chi connectivity index (χ1v) is 8.94. The van der Waals surface area contributed by atoms with Gasteiger partial charge in [-0.05, 0) is 11.8 Å². The van der Waals surface area contributed by atoms with Crippen molar-refractivity contribution in [3.05, 3.63) is 11.8 Å². The molecule has 0 unspecified atom stereocenters. The zero-order chi connectivity index (χ0) is 18.0. The van der Waals surface area contributed by atoms with Crippen LogP contribution >= 0.6 is 23.1 Å². The Morgan fingerprint density at radius 1 is 1.20 bits per heavy atom. The summed E-state index contributed by atoms with van der Waals surface area (Å²) in [7, 11) is 3.25. The fourth-order valence-corrected chi connectivity index (χ4v) is 3.80. The molecule has 0 saturated carbocycles. The monoisotopic (exact) mass is 392 g/mol. The van der Waals surface area contributed by atoms with Gasteiger partial charge in [-0.2, -0.15) is 13.2 Å². The predicted molar refractivity (Wildman–Crippen MR) is 88.4 cm³/mol. The highest BCUT2D eigenvalue weighted by Gasteiger charge is 2.34. The maximum Gasteiger partial charge on any atom is 0.433 e. The van der Waals surface area contributed by atoms with Gasteiger partial charge in [0.1, 0.15) is 5.82 Å². The lowest BCUT2D eigenvalue weighted by Crippen LogP contribution is -2.36. The van der Waals surface area contributed by atoms with Gasteiger partial charge in [-0.15, -0.1) is 10.2 Å². The minimum atomic E-state index is -4.54. The molecule has 3 rings (SSSR count). The first-order valence-electron chi connectivity index (χ1n) is 7.30. The van der Waals surface area contributed by atoms with E-state index in [1.54, 1.807) is 14.1 Å². The van der Waals surface area contributed by atoms with Crippen molar-refractivity contribution in [3.63, 3.8) is 0 Å². The number of alkyl halides is 3. The third-order valence-corrected chi connectivity index (χ3v) is 5.20. The van der Waals surface area contributed by atoms with E-state index in [-0.39, 0.29) is 11.0 Å². The average Bonchev–Trinajstić information content (AvgIpc) is 3.03. The maximum absolute atomic E-state index is 13.0. The second kappa shape index (κ2) is 7.30. The third-order valence-electron chi connectivity index (χ3n) is 3.30. The highest BCUT2D eigenvalue weighted by atomic mass is 32.2. The van der Waals surface area contributed by atoms with Crippen molar-refractivity contribution in [1.29, 1.82) is 0 Å². The highest BCUT2D eigenvalue weighted by Crippen LogP contribution is 2.35. The molecule has 0 atom stereocenters. The molecule has 3 heterocycles. The Morgan fingerprint density at radius 3 is 2.56 bits per heavy atom. The summed E-state index contributed by atoms with van der Waals surface area (Å²) in [5, 5.41) is 8.82. The van der Waals surface area contributed by atoms with E-state index in [1.807, 2.05) is 4.90 Å². The molecule has 2 aromatic heterocycles. The van der Waals surface area contributed by atoms with Crippen molar-refractivity contribution in [2.24, 2.45) is 0 Å². The molecule has 136 valence electrons. The molecule has 0 radical (unpaired) electrons. The van der Waals surface area contributed by atoms with Crippen LogP contribution in [0.5, 0.6) is 0 Å². The number of halogens is 3. The summed E-state index contributed by atoms with van der Waals surface area (Å²) >= 11 is 2.27. The van der Waals surface area contributed by atoms with Crippen molar-refractivity contribution >= 4 is 34.0 Å². The van der Waals surface area contributed by atoms with E-state index in [0.717, 1.165) is 17.8 Å². The van der Waals surface area contributed by atoms with Crippen LogP contribution in [-0.2, 0) is 10.9 Å². The summed E-state index contributed by atoms with van der Waals surface area (Å²) in [6.45, 7) is 2.66. The number of aromatic nitrogens is 4. The fourth-order valence-electron chi connectivity index (χ4n) is 2.04. The standard InChI is InChI=1S/C13H15F3N6OS2/c1-21(2)9-7-8(13(14,15)16)17-10(18-9)24-12-20-19-11(25-12)22-3-5-23-6-4-22/h7H,3-6H2,1-2H3. The van der Waals surface area contributed by atoms with E-state index in [9.17, 15) is 13.2 Å².